The molecule has 25 heavy (non-hydrogen) atoms. The average Bonchev–Trinajstić information content (AvgIpc) is 3.55. The number of fused-ring (bicyclic) bond motifs is 1. The fraction of sp³-hybridized carbons (Fsp3) is 0.722. The van der Waals surface area contributed by atoms with Crippen molar-refractivity contribution in [3.05, 3.63) is 26.7 Å². The van der Waals surface area contributed by atoms with E-state index in [0.29, 0.717) is 42.3 Å². The molecule has 7 nitrogen and oxygen atoms in total. The number of aromatic nitrogens is 5. The van der Waals surface area contributed by atoms with E-state index in [9.17, 15) is 9.59 Å². The van der Waals surface area contributed by atoms with E-state index in [2.05, 4.69) is 15.2 Å². The Bertz CT molecular complexity index is 933. The summed E-state index contributed by atoms with van der Waals surface area (Å²) in [5.74, 6) is 2.00. The maximum absolute atomic E-state index is 13.0. The second kappa shape index (κ2) is 5.75. The van der Waals surface area contributed by atoms with Gasteiger partial charge in [-0.3, -0.25) is 13.9 Å². The number of hydrogen-bond acceptors (Lipinski definition) is 5. The molecule has 7 heteroatoms. The number of nitrogens with zero attached hydrogens (tertiary/aromatic N) is 5. The normalized spacial score (nSPS) is 21.3. The predicted molar refractivity (Wildman–Crippen MR) is 92.5 cm³/mol. The third-order valence-electron chi connectivity index (χ3n) is 5.85. The molecular formula is C18H23N5O2. The van der Waals surface area contributed by atoms with Gasteiger partial charge in [-0.1, -0.05) is 12.8 Å². The van der Waals surface area contributed by atoms with E-state index in [1.165, 1.54) is 17.4 Å². The predicted octanol–water partition coefficient (Wildman–Crippen LogP) is 1.83. The first-order valence-corrected chi connectivity index (χ1v) is 9.58. The van der Waals surface area contributed by atoms with Crippen LogP contribution in [0.3, 0.4) is 0 Å². The molecule has 2 aromatic heterocycles. The van der Waals surface area contributed by atoms with Gasteiger partial charge in [-0.15, -0.1) is 10.2 Å². The third-order valence-corrected chi connectivity index (χ3v) is 5.85. The molecule has 0 amide bonds. The van der Waals surface area contributed by atoms with Crippen molar-refractivity contribution in [2.75, 3.05) is 0 Å². The van der Waals surface area contributed by atoms with Crippen LogP contribution in [0.4, 0.5) is 0 Å². The molecule has 0 atom stereocenters. The van der Waals surface area contributed by atoms with Crippen LogP contribution in [0.5, 0.6) is 0 Å². The molecule has 3 saturated carbocycles. The van der Waals surface area contributed by atoms with E-state index in [4.69, 9.17) is 0 Å². The fourth-order valence-electron chi connectivity index (χ4n) is 3.91. The van der Waals surface area contributed by atoms with Crippen LogP contribution in [-0.4, -0.2) is 24.3 Å². The van der Waals surface area contributed by atoms with Crippen molar-refractivity contribution >= 4 is 11.2 Å². The molecule has 2 aromatic rings. The number of rotatable bonds is 5. The van der Waals surface area contributed by atoms with Crippen molar-refractivity contribution in [2.24, 2.45) is 11.8 Å². The minimum Gasteiger partial charge on any atom is -0.276 e. The Kier molecular flexibility index (Phi) is 3.50. The van der Waals surface area contributed by atoms with Crippen LogP contribution >= 0.6 is 0 Å². The van der Waals surface area contributed by atoms with Crippen molar-refractivity contribution in [1.29, 1.82) is 0 Å². The van der Waals surface area contributed by atoms with Gasteiger partial charge in [0.2, 0.25) is 0 Å². The highest BCUT2D eigenvalue weighted by Gasteiger charge is 2.29. The Morgan fingerprint density at radius 2 is 1.48 bits per heavy atom. The zero-order chi connectivity index (χ0) is 17.0. The van der Waals surface area contributed by atoms with Gasteiger partial charge in [0, 0.05) is 19.0 Å². The maximum Gasteiger partial charge on any atom is 0.332 e. The summed E-state index contributed by atoms with van der Waals surface area (Å²) >= 11 is 0. The van der Waals surface area contributed by atoms with Gasteiger partial charge in [0.1, 0.15) is 0 Å². The van der Waals surface area contributed by atoms with Gasteiger partial charge in [-0.05, 0) is 50.4 Å². The smallest absolute Gasteiger partial charge is 0.276 e. The lowest BCUT2D eigenvalue weighted by Gasteiger charge is -2.14. The van der Waals surface area contributed by atoms with Gasteiger partial charge in [0.25, 0.3) is 5.56 Å². The highest BCUT2D eigenvalue weighted by molar-refractivity contribution is 5.68. The molecule has 0 unspecified atom stereocenters. The highest BCUT2D eigenvalue weighted by atomic mass is 16.2. The molecule has 5 rings (SSSR count). The molecule has 3 aliphatic carbocycles. The molecule has 0 aliphatic heterocycles. The summed E-state index contributed by atoms with van der Waals surface area (Å²) in [5, 5.41) is 8.50. The standard InChI is InChI=1S/C18H23N5O2/c24-17-14-16(19-15(21-20-14)13-3-1-2-4-13)22(9-11-5-6-11)18(25)23(17)10-12-7-8-12/h11-13H,1-10H2. The van der Waals surface area contributed by atoms with E-state index in [-0.39, 0.29) is 16.8 Å². The summed E-state index contributed by atoms with van der Waals surface area (Å²) in [4.78, 5) is 30.5. The zero-order valence-corrected chi connectivity index (χ0v) is 14.4. The van der Waals surface area contributed by atoms with Crippen LogP contribution in [0.1, 0.15) is 63.1 Å². The molecular weight excluding hydrogens is 318 g/mol. The van der Waals surface area contributed by atoms with Gasteiger partial charge in [-0.25, -0.2) is 9.78 Å². The molecule has 3 aliphatic rings. The topological polar surface area (TPSA) is 82.7 Å². The van der Waals surface area contributed by atoms with Crippen molar-refractivity contribution in [1.82, 2.24) is 24.3 Å². The average molecular weight is 341 g/mol. The molecule has 2 heterocycles. The van der Waals surface area contributed by atoms with Crippen molar-refractivity contribution in [2.45, 2.75) is 70.4 Å². The maximum atomic E-state index is 13.0. The van der Waals surface area contributed by atoms with Crippen molar-refractivity contribution < 1.29 is 0 Å². The molecule has 0 saturated heterocycles. The van der Waals surface area contributed by atoms with Crippen molar-refractivity contribution in [3.63, 3.8) is 0 Å². The van der Waals surface area contributed by atoms with Crippen LogP contribution in [0, 0.1) is 11.8 Å². The van der Waals surface area contributed by atoms with Gasteiger partial charge in [-0.2, -0.15) is 0 Å². The van der Waals surface area contributed by atoms with E-state index in [1.54, 1.807) is 4.57 Å². The Morgan fingerprint density at radius 3 is 2.12 bits per heavy atom. The molecule has 0 aromatic carbocycles. The minimum absolute atomic E-state index is 0.214. The van der Waals surface area contributed by atoms with Crippen LogP contribution in [0.2, 0.25) is 0 Å². The first-order chi connectivity index (χ1) is 12.2. The first-order valence-electron chi connectivity index (χ1n) is 9.58. The highest BCUT2D eigenvalue weighted by Crippen LogP contribution is 2.33. The fourth-order valence-corrected chi connectivity index (χ4v) is 3.91. The Hall–Kier alpha value is -2.05. The first kappa shape index (κ1) is 15.2. The Balaban J connectivity index is 1.68. The van der Waals surface area contributed by atoms with Crippen LogP contribution in [0.25, 0.3) is 11.2 Å². The quantitative estimate of drug-likeness (QED) is 0.828. The van der Waals surface area contributed by atoms with Gasteiger partial charge >= 0.3 is 5.69 Å². The summed E-state index contributed by atoms with van der Waals surface area (Å²) in [7, 11) is 0. The second-order valence-electron chi connectivity index (χ2n) is 8.02. The molecule has 0 bridgehead atoms. The summed E-state index contributed by atoms with van der Waals surface area (Å²) in [6.45, 7) is 1.15. The van der Waals surface area contributed by atoms with E-state index in [1.807, 2.05) is 0 Å². The Morgan fingerprint density at radius 1 is 0.840 bits per heavy atom. The molecule has 3 fully saturated rings. The molecule has 132 valence electrons. The summed E-state index contributed by atoms with van der Waals surface area (Å²) in [6, 6.07) is 0. The van der Waals surface area contributed by atoms with E-state index < -0.39 is 0 Å². The Labute approximate surface area is 145 Å². The van der Waals surface area contributed by atoms with E-state index in [0.717, 1.165) is 38.5 Å². The monoisotopic (exact) mass is 341 g/mol. The van der Waals surface area contributed by atoms with Gasteiger partial charge < -0.3 is 0 Å². The summed E-state index contributed by atoms with van der Waals surface area (Å²) in [5.41, 5.74) is 0.166. The summed E-state index contributed by atoms with van der Waals surface area (Å²) < 4.78 is 3.07. The SMILES string of the molecule is O=c1c2nnc(C3CCCC3)nc2n(CC2CC2)c(=O)n1CC1CC1. The molecule has 0 radical (unpaired) electrons. The lowest BCUT2D eigenvalue weighted by Crippen LogP contribution is -2.41. The summed E-state index contributed by atoms with van der Waals surface area (Å²) in [6.07, 6.45) is 8.98. The second-order valence-corrected chi connectivity index (χ2v) is 8.02. The third kappa shape index (κ3) is 2.79. The number of hydrogen-bond donors (Lipinski definition) is 0. The van der Waals surface area contributed by atoms with Crippen molar-refractivity contribution in [3.8, 4) is 0 Å². The lowest BCUT2D eigenvalue weighted by molar-refractivity contribution is 0.515. The van der Waals surface area contributed by atoms with Gasteiger partial charge in [0.15, 0.2) is 17.0 Å². The molecule has 0 spiro atoms. The molecule has 0 N–H and O–H groups in total. The van der Waals surface area contributed by atoms with Crippen LogP contribution < -0.4 is 11.2 Å². The van der Waals surface area contributed by atoms with Crippen LogP contribution in [0.15, 0.2) is 9.59 Å². The van der Waals surface area contributed by atoms with Gasteiger partial charge in [0.05, 0.1) is 0 Å². The van der Waals surface area contributed by atoms with E-state index >= 15 is 0 Å². The minimum atomic E-state index is -0.322. The largest absolute Gasteiger partial charge is 0.332 e. The lowest BCUT2D eigenvalue weighted by atomic mass is 10.1. The van der Waals surface area contributed by atoms with Crippen LogP contribution in [-0.2, 0) is 13.1 Å². The zero-order valence-electron chi connectivity index (χ0n) is 14.4.